The second kappa shape index (κ2) is 17.0. The molecule has 272 valence electrons. The van der Waals surface area contributed by atoms with Gasteiger partial charge >= 0.3 is 18.3 Å². The molecule has 0 radical (unpaired) electrons. The van der Waals surface area contributed by atoms with Gasteiger partial charge in [-0.25, -0.2) is 0 Å². The van der Waals surface area contributed by atoms with Crippen LogP contribution in [0.15, 0.2) is 84.9 Å². The summed E-state index contributed by atoms with van der Waals surface area (Å²) in [5, 5.41) is 11.7. The summed E-state index contributed by atoms with van der Waals surface area (Å²) in [5.41, 5.74) is 2.78. The molecular weight excluding hydrogens is 717 g/mol. The van der Waals surface area contributed by atoms with Gasteiger partial charge in [0.2, 0.25) is 5.91 Å². The molecule has 51 heavy (non-hydrogen) atoms. The maximum absolute atomic E-state index is 13.2. The van der Waals surface area contributed by atoms with E-state index in [0.29, 0.717) is 19.0 Å². The highest BCUT2D eigenvalue weighted by Crippen LogP contribution is 2.37. The van der Waals surface area contributed by atoms with Crippen molar-refractivity contribution < 1.29 is 41.0 Å². The first-order valence-corrected chi connectivity index (χ1v) is 16.8. The molecule has 0 bridgehead atoms. The van der Waals surface area contributed by atoms with Crippen molar-refractivity contribution in [3.8, 4) is 0 Å². The first-order valence-electron chi connectivity index (χ1n) is 16.1. The van der Waals surface area contributed by atoms with Crippen LogP contribution in [0.25, 0.3) is 0 Å². The number of carboxylic acid groups (broad SMARTS) is 1. The molecule has 2 aliphatic heterocycles. The molecule has 13 heteroatoms. The molecule has 0 saturated carbocycles. The van der Waals surface area contributed by atoms with Gasteiger partial charge in [0.05, 0.1) is 30.0 Å². The molecule has 4 aromatic carbocycles. The second-order valence-electron chi connectivity index (χ2n) is 12.1. The molecule has 0 fully saturated rings. The Labute approximate surface area is 302 Å². The highest BCUT2D eigenvalue weighted by molar-refractivity contribution is 6.32. The average Bonchev–Trinajstić information content (AvgIpc) is 3.06. The van der Waals surface area contributed by atoms with Crippen LogP contribution in [0.3, 0.4) is 0 Å². The van der Waals surface area contributed by atoms with E-state index >= 15 is 0 Å². The van der Waals surface area contributed by atoms with Gasteiger partial charge in [-0.2, -0.15) is 26.3 Å². The number of carbonyl (C=O) groups excluding carboxylic acids is 1. The van der Waals surface area contributed by atoms with Crippen molar-refractivity contribution in [2.24, 2.45) is 0 Å². The number of rotatable bonds is 4. The fourth-order valence-electron chi connectivity index (χ4n) is 6.24. The largest absolute Gasteiger partial charge is 0.481 e. The van der Waals surface area contributed by atoms with Gasteiger partial charge in [0.1, 0.15) is 0 Å². The van der Waals surface area contributed by atoms with E-state index in [9.17, 15) is 35.9 Å². The lowest BCUT2D eigenvalue weighted by atomic mass is 9.93. The highest BCUT2D eigenvalue weighted by Gasteiger charge is 2.36. The molecule has 0 saturated heterocycles. The van der Waals surface area contributed by atoms with Crippen molar-refractivity contribution in [3.05, 3.63) is 139 Å². The van der Waals surface area contributed by atoms with E-state index in [1.165, 1.54) is 41.3 Å². The molecule has 5 nitrogen and oxygen atoms in total. The molecule has 2 aliphatic rings. The Bertz CT molecular complexity index is 1850. The summed E-state index contributed by atoms with van der Waals surface area (Å²) < 4.78 is 76.9. The zero-order valence-corrected chi connectivity index (χ0v) is 29.2. The van der Waals surface area contributed by atoms with Gasteiger partial charge in [0.15, 0.2) is 0 Å². The molecule has 2 atom stereocenters. The first-order chi connectivity index (χ1) is 24.0. The van der Waals surface area contributed by atoms with E-state index in [0.717, 1.165) is 30.3 Å². The van der Waals surface area contributed by atoms with Crippen LogP contribution in [0, 0.1) is 0 Å². The number of carbonyl (C=O) groups is 2. The van der Waals surface area contributed by atoms with Crippen molar-refractivity contribution >= 4 is 35.1 Å². The van der Waals surface area contributed by atoms with E-state index in [1.54, 1.807) is 4.90 Å². The molecule has 1 amide bonds. The topological polar surface area (TPSA) is 69.6 Å². The Morgan fingerprint density at radius 1 is 0.725 bits per heavy atom. The maximum Gasteiger partial charge on any atom is 0.416 e. The summed E-state index contributed by atoms with van der Waals surface area (Å²) in [6.45, 7) is 5.73. The van der Waals surface area contributed by atoms with Crippen LogP contribution in [0.5, 0.6) is 0 Å². The number of nitrogens with zero attached hydrogens (tertiary/aromatic N) is 1. The van der Waals surface area contributed by atoms with E-state index in [4.69, 9.17) is 28.3 Å². The third-order valence-corrected chi connectivity index (χ3v) is 9.49. The molecule has 2 N–H and O–H groups in total. The quantitative estimate of drug-likeness (QED) is 0.204. The number of fused-ring (bicyclic) bond motifs is 2. The van der Waals surface area contributed by atoms with Gasteiger partial charge in [0, 0.05) is 22.6 Å². The van der Waals surface area contributed by atoms with E-state index in [-0.39, 0.29) is 34.0 Å². The van der Waals surface area contributed by atoms with E-state index in [2.05, 4.69) is 36.5 Å². The smallest absolute Gasteiger partial charge is 0.416 e. The molecule has 0 aromatic heterocycles. The third-order valence-electron chi connectivity index (χ3n) is 8.79. The molecule has 6 rings (SSSR count). The molecule has 0 aliphatic carbocycles. The Kier molecular flexibility index (Phi) is 13.2. The fourth-order valence-corrected chi connectivity index (χ4v) is 6.72. The first kappa shape index (κ1) is 39.7. The summed E-state index contributed by atoms with van der Waals surface area (Å²) in [6, 6.07) is 23.6. The number of amides is 1. The summed E-state index contributed by atoms with van der Waals surface area (Å²) in [7, 11) is 0. The SMILES string of the molecule is C[C@@H]1NCCc2ccccc21.C[C@H]1c2ccccc2CCN1C(=O)Cc1c(Cl)cccc1C(F)(F)F.O=C(O)Cc1c(Cl)cccc1C(F)(F)F. The van der Waals surface area contributed by atoms with E-state index in [1.807, 2.05) is 31.2 Å². The molecule has 0 spiro atoms. The van der Waals surface area contributed by atoms with Gasteiger partial charge in [-0.15, -0.1) is 0 Å². The number of aliphatic carboxylic acids is 1. The minimum atomic E-state index is -4.59. The number of halogens is 8. The Morgan fingerprint density at radius 3 is 1.73 bits per heavy atom. The summed E-state index contributed by atoms with van der Waals surface area (Å²) in [4.78, 5) is 24.7. The number of carboxylic acids is 1. The third kappa shape index (κ3) is 10.3. The Morgan fingerprint density at radius 2 is 1.22 bits per heavy atom. The molecule has 0 unspecified atom stereocenters. The van der Waals surface area contributed by atoms with Gasteiger partial charge in [-0.05, 0) is 90.9 Å². The van der Waals surface area contributed by atoms with Gasteiger partial charge in [-0.1, -0.05) is 83.9 Å². The lowest BCUT2D eigenvalue weighted by molar-refractivity contribution is -0.141. The van der Waals surface area contributed by atoms with Crippen molar-refractivity contribution in [2.75, 3.05) is 13.1 Å². The minimum Gasteiger partial charge on any atom is -0.481 e. The molecular formula is C38H36Cl2F6N2O3. The average molecular weight is 754 g/mol. The summed E-state index contributed by atoms with van der Waals surface area (Å²) in [5.74, 6) is -1.70. The second-order valence-corrected chi connectivity index (χ2v) is 12.9. The summed E-state index contributed by atoms with van der Waals surface area (Å²) >= 11 is 11.5. The zero-order chi connectivity index (χ0) is 37.5. The predicted octanol–water partition coefficient (Wildman–Crippen LogP) is 9.93. The Hall–Kier alpha value is -4.06. The maximum atomic E-state index is 13.2. The van der Waals surface area contributed by atoms with Crippen LogP contribution in [0.2, 0.25) is 10.0 Å². The van der Waals surface area contributed by atoms with E-state index < -0.39 is 41.4 Å². The Balaban J connectivity index is 0.000000190. The van der Waals surface area contributed by atoms with Crippen LogP contribution in [-0.2, 0) is 47.6 Å². The van der Waals surface area contributed by atoms with Crippen molar-refractivity contribution in [3.63, 3.8) is 0 Å². The predicted molar refractivity (Wildman–Crippen MR) is 185 cm³/mol. The lowest BCUT2D eigenvalue weighted by Crippen LogP contribution is -2.40. The van der Waals surface area contributed by atoms with Crippen molar-refractivity contribution in [1.29, 1.82) is 0 Å². The van der Waals surface area contributed by atoms with Gasteiger partial charge < -0.3 is 15.3 Å². The highest BCUT2D eigenvalue weighted by atomic mass is 35.5. The van der Waals surface area contributed by atoms with Crippen LogP contribution >= 0.6 is 23.2 Å². The zero-order valence-electron chi connectivity index (χ0n) is 27.7. The van der Waals surface area contributed by atoms with Gasteiger partial charge in [0.25, 0.3) is 0 Å². The number of alkyl halides is 6. The monoisotopic (exact) mass is 752 g/mol. The van der Waals surface area contributed by atoms with Crippen LogP contribution in [0.4, 0.5) is 26.3 Å². The summed E-state index contributed by atoms with van der Waals surface area (Å²) in [6.07, 6.45) is -8.35. The fraction of sp³-hybridized carbons (Fsp3) is 0.316. The number of nitrogens with one attached hydrogen (secondary N) is 1. The standard InChI is InChI=1S/C19H17ClF3NO.C10H13N.C9H6ClF3O2/c1-12-14-6-3-2-5-13(14)9-10-24(12)18(25)11-15-16(19(21,22)23)7-4-8-17(15)20;1-8-10-5-3-2-4-9(10)6-7-11-8;10-7-3-1-2-6(9(11,12)13)5(7)4-8(14)15/h2-8,12H,9-11H2,1H3;2-5,8,11H,6-7H2,1H3;1-3H,4H2,(H,14,15)/t12-;8-;/m00./s1. The molecule has 2 heterocycles. The van der Waals surface area contributed by atoms with Gasteiger partial charge in [-0.3, -0.25) is 9.59 Å². The van der Waals surface area contributed by atoms with Crippen LogP contribution < -0.4 is 5.32 Å². The minimum absolute atomic E-state index is 0.0340. The van der Waals surface area contributed by atoms with Crippen molar-refractivity contribution in [2.45, 2.75) is 64.0 Å². The molecule has 4 aromatic rings. The van der Waals surface area contributed by atoms with Crippen LogP contribution in [0.1, 0.15) is 70.4 Å². The lowest BCUT2D eigenvalue weighted by Gasteiger charge is -2.35. The number of benzene rings is 4. The normalized spacial score (nSPS) is 16.8. The van der Waals surface area contributed by atoms with Crippen molar-refractivity contribution in [1.82, 2.24) is 10.2 Å². The number of hydrogen-bond acceptors (Lipinski definition) is 3. The van der Waals surface area contributed by atoms with Crippen LogP contribution in [-0.4, -0.2) is 35.0 Å². The number of hydrogen-bond donors (Lipinski definition) is 2.